The van der Waals surface area contributed by atoms with E-state index in [4.69, 9.17) is 4.74 Å². The maximum absolute atomic E-state index is 12.3. The summed E-state index contributed by atoms with van der Waals surface area (Å²) < 4.78 is 4.94. The van der Waals surface area contributed by atoms with Crippen molar-refractivity contribution in [2.45, 2.75) is 6.92 Å². The third-order valence-electron chi connectivity index (χ3n) is 3.39. The molecule has 0 atom stereocenters. The first-order valence-electron chi connectivity index (χ1n) is 7.20. The highest BCUT2D eigenvalue weighted by Crippen LogP contribution is 2.20. The predicted octanol–water partition coefficient (Wildman–Crippen LogP) is 4.02. The van der Waals surface area contributed by atoms with Gasteiger partial charge in [0, 0.05) is 18.2 Å². The van der Waals surface area contributed by atoms with Gasteiger partial charge in [0.05, 0.1) is 0 Å². The summed E-state index contributed by atoms with van der Waals surface area (Å²) in [6, 6.07) is 20.2. The summed E-state index contributed by atoms with van der Waals surface area (Å²) in [4.78, 5) is 23.1. The topological polar surface area (TPSA) is 55.4 Å². The molecule has 0 aliphatic heterocycles. The minimum Gasteiger partial charge on any atom is -0.427 e. The van der Waals surface area contributed by atoms with E-state index in [0.717, 1.165) is 16.5 Å². The third kappa shape index (κ3) is 3.55. The predicted molar refractivity (Wildman–Crippen MR) is 89.7 cm³/mol. The van der Waals surface area contributed by atoms with E-state index in [0.29, 0.717) is 11.3 Å². The van der Waals surface area contributed by atoms with Crippen molar-refractivity contribution in [1.29, 1.82) is 0 Å². The average Bonchev–Trinajstić information content (AvgIpc) is 2.55. The summed E-state index contributed by atoms with van der Waals surface area (Å²) in [5.74, 6) is -0.187. The molecule has 0 aromatic heterocycles. The van der Waals surface area contributed by atoms with Gasteiger partial charge in [-0.25, -0.2) is 0 Å². The van der Waals surface area contributed by atoms with E-state index in [9.17, 15) is 9.59 Å². The maximum Gasteiger partial charge on any atom is 0.308 e. The van der Waals surface area contributed by atoms with Gasteiger partial charge in [-0.3, -0.25) is 9.59 Å². The molecule has 23 heavy (non-hydrogen) atoms. The molecule has 0 heterocycles. The Hall–Kier alpha value is -3.14. The Morgan fingerprint density at radius 2 is 1.57 bits per heavy atom. The molecule has 0 fully saturated rings. The molecule has 3 aromatic carbocycles. The van der Waals surface area contributed by atoms with Crippen LogP contribution in [0, 0.1) is 0 Å². The van der Waals surface area contributed by atoms with Gasteiger partial charge >= 0.3 is 5.97 Å². The van der Waals surface area contributed by atoms with Crippen LogP contribution in [0.15, 0.2) is 66.7 Å². The van der Waals surface area contributed by atoms with Gasteiger partial charge in [-0.2, -0.15) is 0 Å². The van der Waals surface area contributed by atoms with Crippen LogP contribution >= 0.6 is 0 Å². The lowest BCUT2D eigenvalue weighted by molar-refractivity contribution is -0.131. The number of nitrogens with one attached hydrogen (secondary N) is 1. The number of esters is 1. The normalized spacial score (nSPS) is 10.3. The number of rotatable bonds is 3. The number of amides is 1. The van der Waals surface area contributed by atoms with Crippen LogP contribution in [0.4, 0.5) is 5.69 Å². The zero-order valence-electron chi connectivity index (χ0n) is 12.6. The number of fused-ring (bicyclic) bond motifs is 1. The van der Waals surface area contributed by atoms with E-state index >= 15 is 0 Å². The fraction of sp³-hybridized carbons (Fsp3) is 0.0526. The molecule has 0 aliphatic carbocycles. The van der Waals surface area contributed by atoms with Crippen LogP contribution in [-0.2, 0) is 4.79 Å². The summed E-state index contributed by atoms with van der Waals surface area (Å²) in [5.41, 5.74) is 1.23. The molecule has 3 rings (SSSR count). The van der Waals surface area contributed by atoms with Gasteiger partial charge < -0.3 is 10.1 Å². The first kappa shape index (κ1) is 14.8. The second-order valence-electron chi connectivity index (χ2n) is 5.13. The number of benzene rings is 3. The van der Waals surface area contributed by atoms with E-state index in [1.165, 1.54) is 6.92 Å². The number of carbonyl (C=O) groups is 2. The van der Waals surface area contributed by atoms with Crippen molar-refractivity contribution in [2.75, 3.05) is 5.32 Å². The summed E-state index contributed by atoms with van der Waals surface area (Å²) >= 11 is 0. The molecule has 0 saturated carbocycles. The molecular weight excluding hydrogens is 290 g/mol. The Bertz CT molecular complexity index is 869. The fourth-order valence-electron chi connectivity index (χ4n) is 2.31. The Labute approximate surface area is 133 Å². The minimum absolute atomic E-state index is 0.213. The average molecular weight is 305 g/mol. The monoisotopic (exact) mass is 305 g/mol. The van der Waals surface area contributed by atoms with Crippen molar-refractivity contribution >= 4 is 28.3 Å². The zero-order chi connectivity index (χ0) is 16.2. The number of anilines is 1. The van der Waals surface area contributed by atoms with Crippen molar-refractivity contribution in [2.24, 2.45) is 0 Å². The van der Waals surface area contributed by atoms with Gasteiger partial charge in [-0.15, -0.1) is 0 Å². The molecule has 0 radical (unpaired) electrons. The Morgan fingerprint density at radius 3 is 2.26 bits per heavy atom. The first-order chi connectivity index (χ1) is 11.1. The van der Waals surface area contributed by atoms with E-state index in [2.05, 4.69) is 5.32 Å². The van der Waals surface area contributed by atoms with Crippen LogP contribution < -0.4 is 10.1 Å². The quantitative estimate of drug-likeness (QED) is 0.587. The first-order valence-corrected chi connectivity index (χ1v) is 7.20. The maximum atomic E-state index is 12.3. The van der Waals surface area contributed by atoms with Gasteiger partial charge in [0.2, 0.25) is 0 Å². The van der Waals surface area contributed by atoms with Crippen LogP contribution in [0.1, 0.15) is 17.3 Å². The Kier molecular flexibility index (Phi) is 4.06. The summed E-state index contributed by atoms with van der Waals surface area (Å²) in [6.45, 7) is 1.33. The molecule has 1 N–H and O–H groups in total. The minimum atomic E-state index is -0.390. The Morgan fingerprint density at radius 1 is 0.870 bits per heavy atom. The number of hydrogen-bond donors (Lipinski definition) is 1. The van der Waals surface area contributed by atoms with Crippen LogP contribution in [0.2, 0.25) is 0 Å². The highest BCUT2D eigenvalue weighted by Gasteiger charge is 2.07. The number of carbonyl (C=O) groups excluding carboxylic acids is 2. The molecule has 114 valence electrons. The van der Waals surface area contributed by atoms with Gasteiger partial charge in [0.25, 0.3) is 5.91 Å². The molecule has 0 spiro atoms. The van der Waals surface area contributed by atoms with Crippen LogP contribution in [0.3, 0.4) is 0 Å². The third-order valence-corrected chi connectivity index (χ3v) is 3.39. The molecule has 0 saturated heterocycles. The van der Waals surface area contributed by atoms with Crippen molar-refractivity contribution < 1.29 is 14.3 Å². The zero-order valence-corrected chi connectivity index (χ0v) is 12.6. The highest BCUT2D eigenvalue weighted by molar-refractivity contribution is 6.05. The molecular formula is C19H15NO3. The molecule has 0 bridgehead atoms. The van der Waals surface area contributed by atoms with Gasteiger partial charge in [-0.05, 0) is 47.2 Å². The highest BCUT2D eigenvalue weighted by atomic mass is 16.5. The van der Waals surface area contributed by atoms with Crippen molar-refractivity contribution in [1.82, 2.24) is 0 Å². The molecule has 1 amide bonds. The van der Waals surface area contributed by atoms with Crippen LogP contribution in [0.5, 0.6) is 5.75 Å². The molecule has 4 nitrogen and oxygen atoms in total. The fourth-order valence-corrected chi connectivity index (χ4v) is 2.31. The second-order valence-corrected chi connectivity index (χ2v) is 5.13. The van der Waals surface area contributed by atoms with Gasteiger partial charge in [0.1, 0.15) is 5.75 Å². The lowest BCUT2D eigenvalue weighted by atomic mass is 10.1. The standard InChI is InChI=1S/C19H15NO3/c1-13(21)23-18-10-7-15(8-11-18)19(22)20-17-9-6-14-4-2-3-5-16(14)12-17/h2-12H,1H3,(H,20,22). The van der Waals surface area contributed by atoms with Crippen LogP contribution in [0.25, 0.3) is 10.8 Å². The molecule has 0 aliphatic rings. The van der Waals surface area contributed by atoms with Crippen LogP contribution in [-0.4, -0.2) is 11.9 Å². The molecule has 0 unspecified atom stereocenters. The molecule has 4 heteroatoms. The summed E-state index contributed by atoms with van der Waals surface area (Å²) in [5, 5.41) is 5.05. The summed E-state index contributed by atoms with van der Waals surface area (Å²) in [7, 11) is 0. The second kappa shape index (κ2) is 6.32. The van der Waals surface area contributed by atoms with Gasteiger partial charge in [-0.1, -0.05) is 30.3 Å². The van der Waals surface area contributed by atoms with E-state index in [-0.39, 0.29) is 5.91 Å². The SMILES string of the molecule is CC(=O)Oc1ccc(C(=O)Nc2ccc3ccccc3c2)cc1. The number of ether oxygens (including phenoxy) is 1. The van der Waals surface area contributed by atoms with Gasteiger partial charge in [0.15, 0.2) is 0 Å². The summed E-state index contributed by atoms with van der Waals surface area (Å²) in [6.07, 6.45) is 0. The largest absolute Gasteiger partial charge is 0.427 e. The lowest BCUT2D eigenvalue weighted by Gasteiger charge is -2.07. The van der Waals surface area contributed by atoms with Crippen molar-refractivity contribution in [3.05, 3.63) is 72.3 Å². The van der Waals surface area contributed by atoms with E-state index < -0.39 is 5.97 Å². The van der Waals surface area contributed by atoms with E-state index in [1.54, 1.807) is 24.3 Å². The smallest absolute Gasteiger partial charge is 0.308 e. The molecule has 3 aromatic rings. The van der Waals surface area contributed by atoms with E-state index in [1.807, 2.05) is 42.5 Å². The van der Waals surface area contributed by atoms with Crippen molar-refractivity contribution in [3.63, 3.8) is 0 Å². The lowest BCUT2D eigenvalue weighted by Crippen LogP contribution is -2.11. The van der Waals surface area contributed by atoms with Crippen molar-refractivity contribution in [3.8, 4) is 5.75 Å². The Balaban J connectivity index is 1.76. The number of hydrogen-bond acceptors (Lipinski definition) is 3.